The number of rotatable bonds is 58. The van der Waals surface area contributed by atoms with E-state index in [4.69, 9.17) is 14.2 Å². The van der Waals surface area contributed by atoms with Crippen LogP contribution in [0.4, 0.5) is 0 Å². The third-order valence-electron chi connectivity index (χ3n) is 13.8. The fourth-order valence-electron chi connectivity index (χ4n) is 9.07. The lowest BCUT2D eigenvalue weighted by atomic mass is 10.0. The van der Waals surface area contributed by atoms with Gasteiger partial charge >= 0.3 is 17.9 Å². The fraction of sp³-hybridized carbons (Fsp3) is 0.729. The molecule has 76 heavy (non-hydrogen) atoms. The number of carbonyl (C=O) groups is 3. The van der Waals surface area contributed by atoms with Crippen LogP contribution in [0.2, 0.25) is 0 Å². The van der Waals surface area contributed by atoms with Crippen molar-refractivity contribution in [3.8, 4) is 0 Å². The predicted molar refractivity (Wildman–Crippen MR) is 330 cm³/mol. The molecule has 0 aliphatic carbocycles. The molecule has 0 aromatic heterocycles. The van der Waals surface area contributed by atoms with Crippen LogP contribution >= 0.6 is 0 Å². The average molecular weight is 1060 g/mol. The van der Waals surface area contributed by atoms with Gasteiger partial charge in [0.2, 0.25) is 0 Å². The highest BCUT2D eigenvalue weighted by Crippen LogP contribution is 2.17. The Labute approximate surface area is 470 Å². The normalized spacial score (nSPS) is 12.7. The third kappa shape index (κ3) is 61.2. The van der Waals surface area contributed by atoms with Gasteiger partial charge in [-0.2, -0.15) is 0 Å². The average Bonchev–Trinajstić information content (AvgIpc) is 3.42. The maximum Gasteiger partial charge on any atom is 0.306 e. The molecule has 0 heterocycles. The van der Waals surface area contributed by atoms with Crippen molar-refractivity contribution in [1.29, 1.82) is 0 Å². The van der Waals surface area contributed by atoms with Crippen LogP contribution in [-0.4, -0.2) is 37.2 Å². The van der Waals surface area contributed by atoms with Crippen molar-refractivity contribution in [2.45, 2.75) is 316 Å². The zero-order chi connectivity index (χ0) is 55.0. The molecule has 0 radical (unpaired) electrons. The first kappa shape index (κ1) is 72.3. The lowest BCUT2D eigenvalue weighted by molar-refractivity contribution is -0.167. The highest BCUT2D eigenvalue weighted by molar-refractivity contribution is 5.71. The first-order chi connectivity index (χ1) is 37.5. The van der Waals surface area contributed by atoms with Crippen LogP contribution in [0, 0.1) is 0 Å². The monoisotopic (exact) mass is 1060 g/mol. The van der Waals surface area contributed by atoms with Crippen molar-refractivity contribution in [3.63, 3.8) is 0 Å². The zero-order valence-electron chi connectivity index (χ0n) is 50.0. The number of hydrogen-bond donors (Lipinski definition) is 0. The van der Waals surface area contributed by atoms with E-state index in [0.29, 0.717) is 19.3 Å². The molecule has 0 fully saturated rings. The number of esters is 3. The Kier molecular flexibility index (Phi) is 60.8. The fourth-order valence-corrected chi connectivity index (χ4v) is 9.07. The Balaban J connectivity index is 4.18. The molecule has 0 N–H and O–H groups in total. The second-order valence-corrected chi connectivity index (χ2v) is 21.3. The van der Waals surface area contributed by atoms with Crippen LogP contribution in [-0.2, 0) is 28.6 Å². The van der Waals surface area contributed by atoms with Gasteiger partial charge in [-0.3, -0.25) is 14.4 Å². The van der Waals surface area contributed by atoms with Gasteiger partial charge < -0.3 is 14.2 Å². The third-order valence-corrected chi connectivity index (χ3v) is 13.8. The van der Waals surface area contributed by atoms with Crippen molar-refractivity contribution in [1.82, 2.24) is 0 Å². The standard InChI is InChI=1S/C70H120O6/c1-4-7-10-13-16-19-22-25-27-28-29-30-31-32-33-34-35-36-37-38-39-40-41-42-44-45-48-51-54-57-60-63-69(72)75-66-67(65-74-68(71)62-59-56-53-50-47-24-21-18-15-12-9-6-3)76-70(73)64-61-58-55-52-49-46-43-26-23-20-17-14-11-8-5-2/h7-8,10-11,16-17,19-20,25-27,29-30,43,49,52,67H,4-6,9,12-15,18,21-24,28,31-42,44-48,50-51,53-66H2,1-3H3/b10-7-,11-8-,19-16-,20-17-,27-25-,30-29-,43-26-,52-49-. The molecule has 0 saturated carbocycles. The van der Waals surface area contributed by atoms with E-state index in [1.165, 1.54) is 161 Å². The van der Waals surface area contributed by atoms with E-state index in [0.717, 1.165) is 103 Å². The summed E-state index contributed by atoms with van der Waals surface area (Å²) in [6, 6.07) is 0. The summed E-state index contributed by atoms with van der Waals surface area (Å²) in [7, 11) is 0. The molecule has 0 aromatic carbocycles. The first-order valence-corrected chi connectivity index (χ1v) is 32.2. The summed E-state index contributed by atoms with van der Waals surface area (Å²) >= 11 is 0. The van der Waals surface area contributed by atoms with E-state index in [9.17, 15) is 14.4 Å². The van der Waals surface area contributed by atoms with Gasteiger partial charge in [0.15, 0.2) is 6.10 Å². The number of carbonyl (C=O) groups excluding carboxylic acids is 3. The minimum Gasteiger partial charge on any atom is -0.462 e. The van der Waals surface area contributed by atoms with E-state index in [1.54, 1.807) is 0 Å². The Morgan fingerprint density at radius 2 is 0.513 bits per heavy atom. The van der Waals surface area contributed by atoms with E-state index in [2.05, 4.69) is 118 Å². The lowest BCUT2D eigenvalue weighted by Crippen LogP contribution is -2.30. The second-order valence-electron chi connectivity index (χ2n) is 21.3. The highest BCUT2D eigenvalue weighted by atomic mass is 16.6. The van der Waals surface area contributed by atoms with E-state index in [1.807, 2.05) is 0 Å². The van der Waals surface area contributed by atoms with Gasteiger partial charge in [-0.05, 0) is 96.3 Å². The SMILES string of the molecule is CC/C=C\C/C=C\C/C=C\C/C=C\CCCCCCCCCCCCCCCCCCCCC(=O)OCC(COC(=O)CCCCCCCCCCCCCC)OC(=O)CCCC/C=C\C/C=C\C/C=C\C/C=C\CC. The van der Waals surface area contributed by atoms with Gasteiger partial charge in [0.25, 0.3) is 0 Å². The molecule has 0 saturated heterocycles. The molecule has 436 valence electrons. The number of ether oxygens (including phenoxy) is 3. The summed E-state index contributed by atoms with van der Waals surface area (Å²) in [6.07, 6.45) is 85.8. The Hall–Kier alpha value is -3.67. The van der Waals surface area contributed by atoms with E-state index in [-0.39, 0.29) is 37.5 Å². The highest BCUT2D eigenvalue weighted by Gasteiger charge is 2.19. The van der Waals surface area contributed by atoms with Gasteiger partial charge in [-0.25, -0.2) is 0 Å². The molecule has 0 aliphatic heterocycles. The van der Waals surface area contributed by atoms with Crippen molar-refractivity contribution in [2.75, 3.05) is 13.2 Å². The molecule has 0 bridgehead atoms. The van der Waals surface area contributed by atoms with Crippen molar-refractivity contribution in [2.24, 2.45) is 0 Å². The molecule has 0 rings (SSSR count). The van der Waals surface area contributed by atoms with Crippen LogP contribution in [0.25, 0.3) is 0 Å². The topological polar surface area (TPSA) is 78.9 Å². The smallest absolute Gasteiger partial charge is 0.306 e. The van der Waals surface area contributed by atoms with Crippen LogP contribution in [0.1, 0.15) is 310 Å². The van der Waals surface area contributed by atoms with Gasteiger partial charge in [0, 0.05) is 19.3 Å². The summed E-state index contributed by atoms with van der Waals surface area (Å²) in [5, 5.41) is 0. The minimum atomic E-state index is -0.796. The number of unbranched alkanes of at least 4 members (excludes halogenated alkanes) is 31. The summed E-state index contributed by atoms with van der Waals surface area (Å²) in [4.78, 5) is 38.2. The molecule has 6 nitrogen and oxygen atoms in total. The first-order valence-electron chi connectivity index (χ1n) is 32.2. The van der Waals surface area contributed by atoms with Crippen molar-refractivity contribution < 1.29 is 28.6 Å². The Morgan fingerprint density at radius 3 is 0.829 bits per heavy atom. The molecule has 0 amide bonds. The number of allylic oxidation sites excluding steroid dienone is 16. The summed E-state index contributed by atoms with van der Waals surface area (Å²) in [5.41, 5.74) is 0. The largest absolute Gasteiger partial charge is 0.462 e. The molecular weight excluding hydrogens is 937 g/mol. The van der Waals surface area contributed by atoms with Gasteiger partial charge in [-0.1, -0.05) is 291 Å². The quantitative estimate of drug-likeness (QED) is 0.0261. The molecule has 1 unspecified atom stereocenters. The maximum absolute atomic E-state index is 12.8. The van der Waals surface area contributed by atoms with Crippen LogP contribution < -0.4 is 0 Å². The van der Waals surface area contributed by atoms with Gasteiger partial charge in [-0.15, -0.1) is 0 Å². The molecule has 6 heteroatoms. The lowest BCUT2D eigenvalue weighted by Gasteiger charge is -2.18. The molecule has 0 spiro atoms. The minimum absolute atomic E-state index is 0.0899. The van der Waals surface area contributed by atoms with E-state index >= 15 is 0 Å². The molecule has 0 aromatic rings. The Bertz CT molecular complexity index is 1490. The van der Waals surface area contributed by atoms with Crippen LogP contribution in [0.15, 0.2) is 97.2 Å². The van der Waals surface area contributed by atoms with Crippen molar-refractivity contribution >= 4 is 17.9 Å². The van der Waals surface area contributed by atoms with Gasteiger partial charge in [0.1, 0.15) is 13.2 Å². The van der Waals surface area contributed by atoms with Crippen molar-refractivity contribution in [3.05, 3.63) is 97.2 Å². The molecular formula is C70H120O6. The van der Waals surface area contributed by atoms with Crippen LogP contribution in [0.3, 0.4) is 0 Å². The summed E-state index contributed by atoms with van der Waals surface area (Å²) in [6.45, 7) is 6.40. The van der Waals surface area contributed by atoms with Gasteiger partial charge in [0.05, 0.1) is 0 Å². The van der Waals surface area contributed by atoms with Crippen LogP contribution in [0.5, 0.6) is 0 Å². The maximum atomic E-state index is 12.8. The number of hydrogen-bond acceptors (Lipinski definition) is 6. The predicted octanol–water partition coefficient (Wildman–Crippen LogP) is 22.0. The summed E-state index contributed by atoms with van der Waals surface area (Å²) in [5.74, 6) is -0.921. The molecule has 0 aliphatic rings. The second kappa shape index (κ2) is 63.9. The molecule has 1 atom stereocenters. The summed E-state index contributed by atoms with van der Waals surface area (Å²) < 4.78 is 16.9. The van der Waals surface area contributed by atoms with E-state index < -0.39 is 6.10 Å². The zero-order valence-corrected chi connectivity index (χ0v) is 50.0. The Morgan fingerprint density at radius 1 is 0.276 bits per heavy atom.